The van der Waals surface area contributed by atoms with Gasteiger partial charge in [0.25, 0.3) is 0 Å². The summed E-state index contributed by atoms with van der Waals surface area (Å²) in [4.78, 5) is 11.6. The summed E-state index contributed by atoms with van der Waals surface area (Å²) in [6.07, 6.45) is 5.53. The molecule has 0 aromatic carbocycles. The van der Waals surface area contributed by atoms with E-state index in [1.807, 2.05) is 0 Å². The summed E-state index contributed by atoms with van der Waals surface area (Å²) in [5, 5.41) is 10.4. The lowest BCUT2D eigenvalue weighted by molar-refractivity contribution is -0.152. The Balaban J connectivity index is 2.24. The van der Waals surface area contributed by atoms with Crippen molar-refractivity contribution in [2.75, 3.05) is 0 Å². The maximum atomic E-state index is 11.6. The molecule has 0 heterocycles. The van der Waals surface area contributed by atoms with Gasteiger partial charge in [-0.25, -0.2) is 0 Å². The molecule has 0 aliphatic heterocycles. The van der Waals surface area contributed by atoms with Gasteiger partial charge in [0, 0.05) is 12.3 Å². The molecule has 0 bridgehead atoms. The second-order valence-corrected chi connectivity index (χ2v) is 4.70. The van der Waals surface area contributed by atoms with Gasteiger partial charge in [-0.05, 0) is 31.6 Å². The SMILES string of the molecule is C[C@@H]1CCC[C@@H]2C(=O)CCC[C@]12O. The van der Waals surface area contributed by atoms with Gasteiger partial charge < -0.3 is 5.11 Å². The Hall–Kier alpha value is -0.370. The van der Waals surface area contributed by atoms with E-state index < -0.39 is 5.60 Å². The van der Waals surface area contributed by atoms with Crippen LogP contribution in [0.1, 0.15) is 45.4 Å². The third kappa shape index (κ3) is 1.32. The second kappa shape index (κ2) is 3.09. The number of carbonyl (C=O) groups excluding carboxylic acids is 1. The number of carbonyl (C=O) groups is 1. The smallest absolute Gasteiger partial charge is 0.138 e. The molecular weight excluding hydrogens is 164 g/mol. The van der Waals surface area contributed by atoms with Crippen molar-refractivity contribution in [2.24, 2.45) is 11.8 Å². The molecule has 0 spiro atoms. The van der Waals surface area contributed by atoms with E-state index in [0.29, 0.717) is 18.1 Å². The normalized spacial score (nSPS) is 45.8. The first kappa shape index (κ1) is 9.20. The van der Waals surface area contributed by atoms with Gasteiger partial charge in [0.2, 0.25) is 0 Å². The molecule has 2 nitrogen and oxygen atoms in total. The standard InChI is InChI=1S/C11H18O2/c1-8-4-2-5-9-10(12)6-3-7-11(8,9)13/h8-9,13H,2-7H2,1H3/t8-,9-,11+/m1/s1. The molecule has 1 N–H and O–H groups in total. The third-order valence-corrected chi connectivity index (χ3v) is 3.98. The fraction of sp³-hybridized carbons (Fsp3) is 0.909. The lowest BCUT2D eigenvalue weighted by Crippen LogP contribution is -2.52. The highest BCUT2D eigenvalue weighted by Crippen LogP contribution is 2.45. The number of fused-ring (bicyclic) bond motifs is 1. The van der Waals surface area contributed by atoms with Gasteiger partial charge in [-0.3, -0.25) is 4.79 Å². The zero-order chi connectivity index (χ0) is 9.47. The topological polar surface area (TPSA) is 37.3 Å². The summed E-state index contributed by atoms with van der Waals surface area (Å²) in [7, 11) is 0. The van der Waals surface area contributed by atoms with Crippen molar-refractivity contribution in [2.45, 2.75) is 51.0 Å². The van der Waals surface area contributed by atoms with Crippen LogP contribution in [0.3, 0.4) is 0 Å². The van der Waals surface area contributed by atoms with Crippen molar-refractivity contribution >= 4 is 5.78 Å². The Morgan fingerprint density at radius 1 is 1.38 bits per heavy atom. The molecule has 0 aromatic heterocycles. The summed E-state index contributed by atoms with van der Waals surface area (Å²) in [5.41, 5.74) is -0.645. The van der Waals surface area contributed by atoms with E-state index in [1.165, 1.54) is 0 Å². The second-order valence-electron chi connectivity index (χ2n) is 4.70. The highest BCUT2D eigenvalue weighted by molar-refractivity contribution is 5.83. The molecule has 13 heavy (non-hydrogen) atoms. The zero-order valence-electron chi connectivity index (χ0n) is 8.25. The van der Waals surface area contributed by atoms with Crippen LogP contribution < -0.4 is 0 Å². The lowest BCUT2D eigenvalue weighted by atomic mass is 9.62. The average molecular weight is 182 g/mol. The molecule has 2 heteroatoms. The largest absolute Gasteiger partial charge is 0.389 e. The third-order valence-electron chi connectivity index (χ3n) is 3.98. The first-order chi connectivity index (χ1) is 6.14. The maximum absolute atomic E-state index is 11.6. The summed E-state index contributed by atoms with van der Waals surface area (Å²) in [5.74, 6) is 0.584. The first-order valence-corrected chi connectivity index (χ1v) is 5.39. The van der Waals surface area contributed by atoms with E-state index in [0.717, 1.165) is 32.1 Å². The van der Waals surface area contributed by atoms with Crippen LogP contribution >= 0.6 is 0 Å². The quantitative estimate of drug-likeness (QED) is 0.621. The molecule has 2 rings (SSSR count). The summed E-state index contributed by atoms with van der Waals surface area (Å²) >= 11 is 0. The maximum Gasteiger partial charge on any atom is 0.138 e. The molecule has 2 aliphatic rings. The van der Waals surface area contributed by atoms with E-state index >= 15 is 0 Å². The van der Waals surface area contributed by atoms with Gasteiger partial charge in [0.15, 0.2) is 0 Å². The Bertz CT molecular complexity index is 224. The molecule has 74 valence electrons. The molecule has 0 radical (unpaired) electrons. The lowest BCUT2D eigenvalue weighted by Gasteiger charge is -2.46. The summed E-state index contributed by atoms with van der Waals surface area (Å²) in [6.45, 7) is 2.09. The molecule has 0 unspecified atom stereocenters. The molecule has 3 atom stereocenters. The fourth-order valence-corrected chi connectivity index (χ4v) is 3.05. The van der Waals surface area contributed by atoms with Crippen LogP contribution in [0.15, 0.2) is 0 Å². The van der Waals surface area contributed by atoms with E-state index in [1.54, 1.807) is 0 Å². The number of aliphatic hydroxyl groups is 1. The van der Waals surface area contributed by atoms with Crippen molar-refractivity contribution in [1.29, 1.82) is 0 Å². The van der Waals surface area contributed by atoms with Crippen LogP contribution in [-0.2, 0) is 4.79 Å². The van der Waals surface area contributed by atoms with Crippen LogP contribution in [0.25, 0.3) is 0 Å². The minimum Gasteiger partial charge on any atom is -0.389 e. The molecule has 0 aromatic rings. The van der Waals surface area contributed by atoms with E-state index in [-0.39, 0.29) is 5.92 Å². The summed E-state index contributed by atoms with van der Waals surface area (Å²) in [6, 6.07) is 0. The van der Waals surface area contributed by atoms with Crippen molar-refractivity contribution in [3.8, 4) is 0 Å². The molecular formula is C11H18O2. The zero-order valence-corrected chi connectivity index (χ0v) is 8.25. The first-order valence-electron chi connectivity index (χ1n) is 5.39. The van der Waals surface area contributed by atoms with Gasteiger partial charge in [-0.15, -0.1) is 0 Å². The fourth-order valence-electron chi connectivity index (χ4n) is 3.05. The highest BCUT2D eigenvalue weighted by Gasteiger charge is 2.48. The number of rotatable bonds is 0. The van der Waals surface area contributed by atoms with Crippen LogP contribution in [0.4, 0.5) is 0 Å². The van der Waals surface area contributed by atoms with Gasteiger partial charge in [-0.1, -0.05) is 13.3 Å². The molecule has 0 amide bonds. The highest BCUT2D eigenvalue weighted by atomic mass is 16.3. The number of ketones is 1. The van der Waals surface area contributed by atoms with Gasteiger partial charge in [-0.2, -0.15) is 0 Å². The van der Waals surface area contributed by atoms with Crippen LogP contribution in [-0.4, -0.2) is 16.5 Å². The Labute approximate surface area is 79.3 Å². The van der Waals surface area contributed by atoms with Gasteiger partial charge >= 0.3 is 0 Å². The minimum atomic E-state index is -0.645. The van der Waals surface area contributed by atoms with E-state index in [2.05, 4.69) is 6.92 Å². The molecule has 0 saturated heterocycles. The monoisotopic (exact) mass is 182 g/mol. The van der Waals surface area contributed by atoms with Gasteiger partial charge in [0.05, 0.1) is 5.60 Å². The Morgan fingerprint density at radius 2 is 2.15 bits per heavy atom. The molecule has 2 saturated carbocycles. The summed E-state index contributed by atoms with van der Waals surface area (Å²) < 4.78 is 0. The van der Waals surface area contributed by atoms with Crippen LogP contribution in [0, 0.1) is 11.8 Å². The predicted molar refractivity (Wildman–Crippen MR) is 50.3 cm³/mol. The molecule has 2 aliphatic carbocycles. The van der Waals surface area contributed by atoms with Crippen molar-refractivity contribution in [1.82, 2.24) is 0 Å². The van der Waals surface area contributed by atoms with Gasteiger partial charge in [0.1, 0.15) is 5.78 Å². The van der Waals surface area contributed by atoms with Crippen LogP contribution in [0.2, 0.25) is 0 Å². The Morgan fingerprint density at radius 3 is 2.85 bits per heavy atom. The number of hydrogen-bond acceptors (Lipinski definition) is 2. The van der Waals surface area contributed by atoms with Crippen molar-refractivity contribution in [3.63, 3.8) is 0 Å². The number of hydrogen-bond donors (Lipinski definition) is 1. The minimum absolute atomic E-state index is 0.0370. The van der Waals surface area contributed by atoms with Crippen molar-refractivity contribution < 1.29 is 9.90 Å². The number of Topliss-reactive ketones (excluding diaryl/α,β-unsaturated/α-hetero) is 1. The average Bonchev–Trinajstić information content (AvgIpc) is 2.08. The van der Waals surface area contributed by atoms with E-state index in [4.69, 9.17) is 0 Å². The molecule has 2 fully saturated rings. The van der Waals surface area contributed by atoms with E-state index in [9.17, 15) is 9.90 Å². The Kier molecular flexibility index (Phi) is 2.18. The predicted octanol–water partition coefficient (Wildman–Crippen LogP) is 1.91. The van der Waals surface area contributed by atoms with Crippen LogP contribution in [0.5, 0.6) is 0 Å². The van der Waals surface area contributed by atoms with Crippen molar-refractivity contribution in [3.05, 3.63) is 0 Å².